The van der Waals surface area contributed by atoms with E-state index in [0.717, 1.165) is 0 Å². The first-order valence-electron chi connectivity index (χ1n) is 9.19. The Morgan fingerprint density at radius 1 is 0.310 bits per heavy atom. The molecule has 0 aromatic carbocycles. The zero-order valence-electron chi connectivity index (χ0n) is 18.0. The van der Waals surface area contributed by atoms with Gasteiger partial charge >= 0.3 is 55.6 Å². The normalized spacial score (nSPS) is 24.5. The van der Waals surface area contributed by atoms with Crippen molar-refractivity contribution in [3.63, 3.8) is 0 Å². The monoisotopic (exact) mass is 696 g/mol. The topological polar surface area (TPSA) is 0 Å². The Bertz CT molecular complexity index is 933. The van der Waals surface area contributed by atoms with Crippen molar-refractivity contribution in [1.29, 1.82) is 0 Å². The van der Waals surface area contributed by atoms with E-state index in [0.29, 0.717) is 0 Å². The molecule has 0 N–H and O–H groups in total. The molecule has 1 rings (SSSR count). The fourth-order valence-electron chi connectivity index (χ4n) is 5.75. The summed E-state index contributed by atoms with van der Waals surface area (Å²) in [6.07, 6.45) is -91.8. The van der Waals surface area contributed by atoms with Crippen LogP contribution in [-0.2, 0) is 0 Å². The van der Waals surface area contributed by atoms with Gasteiger partial charge in [-0.3, -0.25) is 0 Å². The molecule has 0 amide bonds. The van der Waals surface area contributed by atoms with Crippen LogP contribution in [0, 0.1) is 27.6 Å². The summed E-state index contributed by atoms with van der Waals surface area (Å²) in [5, 5.41) is 0. The van der Waals surface area contributed by atoms with Crippen LogP contribution in [0.3, 0.4) is 0 Å². The lowest BCUT2D eigenvalue weighted by Gasteiger charge is -2.70. The molecule has 42 heavy (non-hydrogen) atoms. The predicted molar refractivity (Wildman–Crippen MR) is 72.3 cm³/mol. The zero-order valence-corrected chi connectivity index (χ0v) is 18.0. The van der Waals surface area contributed by atoms with E-state index in [1.807, 2.05) is 0 Å². The van der Waals surface area contributed by atoms with Crippen LogP contribution in [0.1, 0.15) is 6.42 Å². The van der Waals surface area contributed by atoms with Crippen molar-refractivity contribution in [1.82, 2.24) is 0 Å². The second-order valence-electron chi connectivity index (χ2n) is 8.49. The minimum atomic E-state index is -10.8. The molecular formula is C15H3F27. The van der Waals surface area contributed by atoms with E-state index >= 15 is 0 Å². The van der Waals surface area contributed by atoms with Crippen molar-refractivity contribution in [3.8, 4) is 0 Å². The summed E-state index contributed by atoms with van der Waals surface area (Å²) >= 11 is 0. The van der Waals surface area contributed by atoms with Gasteiger partial charge in [-0.25, -0.2) is 0 Å². The van der Waals surface area contributed by atoms with Gasteiger partial charge in [-0.1, -0.05) is 0 Å². The lowest BCUT2D eigenvalue weighted by Crippen LogP contribution is -2.92. The van der Waals surface area contributed by atoms with Crippen LogP contribution in [0.25, 0.3) is 0 Å². The maximum Gasteiger partial charge on any atom is 0.405 e. The molecule has 1 aliphatic rings. The number of hydrogen-bond acceptors (Lipinski definition) is 0. The summed E-state index contributed by atoms with van der Waals surface area (Å²) in [6.45, 7) is 0. The van der Waals surface area contributed by atoms with Crippen molar-refractivity contribution in [2.45, 2.75) is 62.0 Å². The molecule has 0 heterocycles. The molecule has 1 fully saturated rings. The van der Waals surface area contributed by atoms with Crippen LogP contribution in [0.15, 0.2) is 0 Å². The SMILES string of the molecule is FC(F)(F)C1CC(C(F)(F)F)(C(F)(F)F)C(C(F)(F)F)(C(F)(F)F)C(C(F)(F)F)(C(F)(F)F)C1(C(F)(F)F)C(F)(F)F. The van der Waals surface area contributed by atoms with Gasteiger partial charge in [0.25, 0.3) is 0 Å². The van der Waals surface area contributed by atoms with Gasteiger partial charge in [0.2, 0.25) is 10.8 Å². The molecule has 1 unspecified atom stereocenters. The third-order valence-corrected chi connectivity index (χ3v) is 6.79. The quantitative estimate of drug-likeness (QED) is 0.221. The largest absolute Gasteiger partial charge is 0.405 e. The average Bonchev–Trinajstić information content (AvgIpc) is 2.56. The van der Waals surface area contributed by atoms with Gasteiger partial charge in [0.1, 0.15) is 0 Å². The Kier molecular flexibility index (Phi) is 8.04. The third kappa shape index (κ3) is 4.03. The lowest BCUT2D eigenvalue weighted by atomic mass is 9.32. The summed E-state index contributed by atoms with van der Waals surface area (Å²) in [4.78, 5) is 0. The minimum absolute atomic E-state index is 6.02. The first-order valence-corrected chi connectivity index (χ1v) is 9.19. The third-order valence-electron chi connectivity index (χ3n) is 6.79. The number of halogens is 27. The van der Waals surface area contributed by atoms with Crippen LogP contribution in [0.5, 0.6) is 0 Å². The molecule has 1 aliphatic carbocycles. The Morgan fingerprint density at radius 3 is 0.690 bits per heavy atom. The molecule has 0 saturated heterocycles. The molecule has 1 saturated carbocycles. The summed E-state index contributed by atoms with van der Waals surface area (Å²) < 4.78 is 375. The molecule has 27 heteroatoms. The maximum atomic E-state index is 14.1. The van der Waals surface area contributed by atoms with Crippen molar-refractivity contribution in [2.75, 3.05) is 0 Å². The molecule has 0 bridgehead atoms. The summed E-state index contributed by atoms with van der Waals surface area (Å²) in [6, 6.07) is 0. The van der Waals surface area contributed by atoms with Gasteiger partial charge in [0.05, 0.1) is 5.92 Å². The highest BCUT2D eigenvalue weighted by molar-refractivity contribution is 5.35. The number of alkyl halides is 27. The standard InChI is InChI=1S/C15H3F27/c16-5(17,18)2-1-3(8(19,20)21,9(22,23)24)6(12(31,32)33,13(34,35)36)7(14(37,38)39,15(40,41)42)4(2,10(25,26)27)11(28,29)30/h2H,1H2. The molecule has 0 aromatic heterocycles. The van der Waals surface area contributed by atoms with Crippen LogP contribution >= 0.6 is 0 Å². The van der Waals surface area contributed by atoms with Crippen LogP contribution in [0.4, 0.5) is 119 Å². The van der Waals surface area contributed by atoms with Gasteiger partial charge in [0, 0.05) is 0 Å². The Hall–Kier alpha value is -1.89. The average molecular weight is 696 g/mol. The van der Waals surface area contributed by atoms with Gasteiger partial charge in [-0.2, -0.15) is 119 Å². The van der Waals surface area contributed by atoms with Crippen LogP contribution in [-0.4, -0.2) is 55.6 Å². The highest BCUT2D eigenvalue weighted by Crippen LogP contribution is 2.92. The van der Waals surface area contributed by atoms with Gasteiger partial charge in [0.15, 0.2) is 10.8 Å². The Labute approximate surface area is 209 Å². The summed E-state index contributed by atoms with van der Waals surface area (Å²) in [7, 11) is 0. The van der Waals surface area contributed by atoms with Crippen LogP contribution in [0.2, 0.25) is 0 Å². The van der Waals surface area contributed by atoms with E-state index in [1.54, 1.807) is 0 Å². The van der Waals surface area contributed by atoms with Gasteiger partial charge in [-0.05, 0) is 6.42 Å². The molecule has 0 aromatic rings. The number of hydrogen-bond donors (Lipinski definition) is 0. The van der Waals surface area contributed by atoms with E-state index in [1.165, 1.54) is 0 Å². The van der Waals surface area contributed by atoms with E-state index in [2.05, 4.69) is 0 Å². The molecule has 0 nitrogen and oxygen atoms in total. The van der Waals surface area contributed by atoms with E-state index in [4.69, 9.17) is 0 Å². The van der Waals surface area contributed by atoms with Crippen molar-refractivity contribution in [3.05, 3.63) is 0 Å². The molecule has 252 valence electrons. The van der Waals surface area contributed by atoms with Gasteiger partial charge < -0.3 is 0 Å². The molecule has 0 aliphatic heterocycles. The number of rotatable bonds is 0. The summed E-state index contributed by atoms with van der Waals surface area (Å²) in [5.41, 5.74) is -40.5. The van der Waals surface area contributed by atoms with E-state index in [-0.39, 0.29) is 0 Å². The summed E-state index contributed by atoms with van der Waals surface area (Å²) in [5.74, 6) is -7.63. The lowest BCUT2D eigenvalue weighted by molar-refractivity contribution is -0.616. The second kappa shape index (κ2) is 8.85. The fraction of sp³-hybridized carbons (Fsp3) is 1.00. The maximum absolute atomic E-state index is 14.1. The minimum Gasteiger partial charge on any atom is -0.171 e. The van der Waals surface area contributed by atoms with Crippen molar-refractivity contribution >= 4 is 0 Å². The van der Waals surface area contributed by atoms with E-state index < -0.39 is 89.6 Å². The molecular weight excluding hydrogens is 693 g/mol. The molecule has 0 spiro atoms. The zero-order chi connectivity index (χ0) is 34.8. The smallest absolute Gasteiger partial charge is 0.171 e. The van der Waals surface area contributed by atoms with Crippen molar-refractivity contribution < 1.29 is 119 Å². The highest BCUT2D eigenvalue weighted by Gasteiger charge is 3.14. The first kappa shape index (κ1) is 38.1. The van der Waals surface area contributed by atoms with Crippen LogP contribution < -0.4 is 0 Å². The predicted octanol–water partition coefficient (Wildman–Crippen LogP) is 10.0. The Morgan fingerprint density at radius 2 is 0.548 bits per heavy atom. The second-order valence-corrected chi connectivity index (χ2v) is 8.49. The van der Waals surface area contributed by atoms with E-state index in [9.17, 15) is 119 Å². The molecule has 0 radical (unpaired) electrons. The van der Waals surface area contributed by atoms with Gasteiger partial charge in [-0.15, -0.1) is 0 Å². The first-order chi connectivity index (χ1) is 17.6. The highest BCUT2D eigenvalue weighted by atomic mass is 19.5. The van der Waals surface area contributed by atoms with Crippen molar-refractivity contribution in [2.24, 2.45) is 27.6 Å². The Balaban J connectivity index is 5.64. The fourth-order valence-corrected chi connectivity index (χ4v) is 5.75. The molecule has 1 atom stereocenters.